The molecule has 0 spiro atoms. The molecule has 3 unspecified atom stereocenters. The standard InChI is InChI=1S/C32H26ClN3O8S2/c1-3-44-31(41)16-4-11-20(12-5-16)36-28(39)25-24(17-6-13-21(37)22(14-17)43-2)27-30(45-26(25)29(36)40)35(32(42)46-27)15-23(38)34-19-9-7-18(33)8-10-19/h4-14,24-26,37H,3,15H2,1-2H3,(H,34,38). The molecule has 1 aromatic heterocycles. The summed E-state index contributed by atoms with van der Waals surface area (Å²) in [6.07, 6.45) is 0. The van der Waals surface area contributed by atoms with Crippen LogP contribution in [0.5, 0.6) is 11.5 Å². The van der Waals surface area contributed by atoms with Gasteiger partial charge in [-0.15, -0.1) is 0 Å². The first kappa shape index (κ1) is 31.4. The van der Waals surface area contributed by atoms with Crippen LogP contribution in [0.4, 0.5) is 11.4 Å². The van der Waals surface area contributed by atoms with E-state index in [1.807, 2.05) is 0 Å². The highest BCUT2D eigenvalue weighted by molar-refractivity contribution is 8.00. The summed E-state index contributed by atoms with van der Waals surface area (Å²) in [5.74, 6) is -3.62. The summed E-state index contributed by atoms with van der Waals surface area (Å²) in [6.45, 7) is 1.56. The Bertz CT molecular complexity index is 1920. The quantitative estimate of drug-likeness (QED) is 0.197. The van der Waals surface area contributed by atoms with Crippen LogP contribution in [0.3, 0.4) is 0 Å². The minimum absolute atomic E-state index is 0.116. The number of amides is 3. The highest BCUT2D eigenvalue weighted by atomic mass is 35.5. The van der Waals surface area contributed by atoms with E-state index in [-0.39, 0.29) is 35.9 Å². The van der Waals surface area contributed by atoms with Gasteiger partial charge in [0.15, 0.2) is 11.5 Å². The van der Waals surface area contributed by atoms with Gasteiger partial charge in [-0.1, -0.05) is 40.8 Å². The number of phenolic OH excluding ortho intramolecular Hbond substituents is 1. The maximum Gasteiger partial charge on any atom is 0.338 e. The van der Waals surface area contributed by atoms with Gasteiger partial charge < -0.3 is 19.9 Å². The van der Waals surface area contributed by atoms with Gasteiger partial charge in [-0.25, -0.2) is 9.69 Å². The largest absolute Gasteiger partial charge is 0.504 e. The first-order valence-electron chi connectivity index (χ1n) is 14.1. The van der Waals surface area contributed by atoms with Crippen molar-refractivity contribution >= 4 is 69.8 Å². The third-order valence-corrected chi connectivity index (χ3v) is 10.5. The number of nitrogens with zero attached hydrogens (tertiary/aromatic N) is 2. The number of rotatable bonds is 8. The van der Waals surface area contributed by atoms with Crippen molar-refractivity contribution in [1.29, 1.82) is 0 Å². The second kappa shape index (κ2) is 12.7. The number of nitrogens with one attached hydrogen (secondary N) is 1. The third kappa shape index (κ3) is 5.65. The summed E-state index contributed by atoms with van der Waals surface area (Å²) >= 11 is 7.92. The summed E-state index contributed by atoms with van der Waals surface area (Å²) < 4.78 is 11.7. The molecule has 3 aromatic carbocycles. The average molecular weight is 680 g/mol. The molecule has 0 radical (unpaired) electrons. The maximum atomic E-state index is 14.1. The topological polar surface area (TPSA) is 144 Å². The molecule has 2 aliphatic rings. The first-order chi connectivity index (χ1) is 22.1. The molecule has 0 bridgehead atoms. The van der Waals surface area contributed by atoms with E-state index in [1.165, 1.54) is 42.0 Å². The number of anilines is 2. The number of imide groups is 1. The van der Waals surface area contributed by atoms with E-state index in [4.69, 9.17) is 21.1 Å². The van der Waals surface area contributed by atoms with Crippen LogP contribution in [0.15, 0.2) is 76.6 Å². The fraction of sp³-hybridized carbons (Fsp3) is 0.219. The number of thiazole rings is 1. The van der Waals surface area contributed by atoms with Crippen molar-refractivity contribution in [3.8, 4) is 11.5 Å². The number of carbonyl (C=O) groups excluding carboxylic acids is 4. The Kier molecular flexibility index (Phi) is 8.64. The number of phenols is 1. The molecule has 3 atom stereocenters. The number of hydrogen-bond acceptors (Lipinski definition) is 10. The molecule has 14 heteroatoms. The minimum Gasteiger partial charge on any atom is -0.504 e. The Morgan fingerprint density at radius 1 is 1.00 bits per heavy atom. The predicted molar refractivity (Wildman–Crippen MR) is 173 cm³/mol. The van der Waals surface area contributed by atoms with Crippen LogP contribution in [0.25, 0.3) is 0 Å². The number of benzene rings is 3. The zero-order valence-electron chi connectivity index (χ0n) is 24.4. The Morgan fingerprint density at radius 2 is 1.72 bits per heavy atom. The molecule has 0 saturated carbocycles. The van der Waals surface area contributed by atoms with Crippen LogP contribution in [0, 0.1) is 5.92 Å². The van der Waals surface area contributed by atoms with E-state index in [0.717, 1.165) is 28.0 Å². The fourth-order valence-electron chi connectivity index (χ4n) is 5.59. The highest BCUT2D eigenvalue weighted by Gasteiger charge is 2.57. The summed E-state index contributed by atoms with van der Waals surface area (Å²) in [6, 6.07) is 17.1. The van der Waals surface area contributed by atoms with Crippen LogP contribution in [-0.2, 0) is 25.7 Å². The van der Waals surface area contributed by atoms with Crippen molar-refractivity contribution in [1.82, 2.24) is 4.57 Å². The number of fused-ring (bicyclic) bond motifs is 2. The maximum absolute atomic E-state index is 14.1. The smallest absolute Gasteiger partial charge is 0.338 e. The number of methoxy groups -OCH3 is 1. The fourth-order valence-corrected chi connectivity index (χ4v) is 8.49. The van der Waals surface area contributed by atoms with Gasteiger partial charge in [0.25, 0.3) is 0 Å². The van der Waals surface area contributed by atoms with Gasteiger partial charge in [0.1, 0.15) is 11.8 Å². The van der Waals surface area contributed by atoms with Gasteiger partial charge in [0.05, 0.1) is 35.9 Å². The van der Waals surface area contributed by atoms with Crippen LogP contribution in [-0.4, -0.2) is 52.3 Å². The van der Waals surface area contributed by atoms with Crippen molar-refractivity contribution in [2.24, 2.45) is 5.92 Å². The predicted octanol–water partition coefficient (Wildman–Crippen LogP) is 4.89. The highest BCUT2D eigenvalue weighted by Crippen LogP contribution is 2.54. The number of halogens is 1. The number of carbonyl (C=O) groups is 4. The number of ether oxygens (including phenoxy) is 2. The van der Waals surface area contributed by atoms with Crippen molar-refractivity contribution in [2.45, 2.75) is 29.7 Å². The normalized spacial score (nSPS) is 18.6. The Morgan fingerprint density at radius 3 is 2.39 bits per heavy atom. The second-order valence-corrected chi connectivity index (χ2v) is 13.0. The van der Waals surface area contributed by atoms with E-state index in [9.17, 15) is 29.1 Å². The molecule has 0 aliphatic carbocycles. The lowest BCUT2D eigenvalue weighted by molar-refractivity contribution is -0.122. The van der Waals surface area contributed by atoms with E-state index in [2.05, 4.69) is 5.32 Å². The molecule has 3 amide bonds. The number of thioether (sulfide) groups is 1. The van der Waals surface area contributed by atoms with Gasteiger partial charge in [-0.2, -0.15) is 0 Å². The summed E-state index contributed by atoms with van der Waals surface area (Å²) in [5, 5.41) is 13.0. The molecule has 1 saturated heterocycles. The molecule has 6 rings (SSSR count). The number of aromatic hydroxyl groups is 1. The van der Waals surface area contributed by atoms with E-state index in [0.29, 0.717) is 26.2 Å². The molecular weight excluding hydrogens is 654 g/mol. The Hall–Kier alpha value is -4.59. The lowest BCUT2D eigenvalue weighted by atomic mass is 9.83. The zero-order valence-corrected chi connectivity index (χ0v) is 26.8. The summed E-state index contributed by atoms with van der Waals surface area (Å²) in [7, 11) is 1.39. The lowest BCUT2D eigenvalue weighted by Gasteiger charge is -2.31. The zero-order chi connectivity index (χ0) is 32.7. The number of hydrogen-bond donors (Lipinski definition) is 2. The summed E-state index contributed by atoms with van der Waals surface area (Å²) in [5.41, 5.74) is 1.59. The lowest BCUT2D eigenvalue weighted by Crippen LogP contribution is -2.33. The molecule has 2 aliphatic heterocycles. The second-order valence-electron chi connectivity index (χ2n) is 10.4. The SMILES string of the molecule is CCOC(=O)c1ccc(N2C(=O)C3Sc4c(sc(=O)n4CC(=O)Nc4ccc(Cl)cc4)C(c4ccc(O)c(OC)c4)C3C2=O)cc1. The van der Waals surface area contributed by atoms with Crippen molar-refractivity contribution < 1.29 is 33.8 Å². The molecule has 1 fully saturated rings. The van der Waals surface area contributed by atoms with Crippen LogP contribution < -0.4 is 19.8 Å². The molecule has 4 aromatic rings. The average Bonchev–Trinajstić information content (AvgIpc) is 3.48. The van der Waals surface area contributed by atoms with Crippen molar-refractivity contribution in [2.75, 3.05) is 23.9 Å². The van der Waals surface area contributed by atoms with E-state index >= 15 is 0 Å². The van der Waals surface area contributed by atoms with Gasteiger partial charge in [-0.3, -0.25) is 23.7 Å². The molecule has 236 valence electrons. The number of aromatic nitrogens is 1. The van der Waals surface area contributed by atoms with Crippen LogP contribution in [0.1, 0.15) is 33.6 Å². The Balaban J connectivity index is 1.39. The third-order valence-electron chi connectivity index (χ3n) is 7.68. The summed E-state index contributed by atoms with van der Waals surface area (Å²) in [4.78, 5) is 67.9. The van der Waals surface area contributed by atoms with Gasteiger partial charge in [0.2, 0.25) is 17.7 Å². The van der Waals surface area contributed by atoms with Gasteiger partial charge in [0, 0.05) is 21.5 Å². The minimum atomic E-state index is -0.936. The van der Waals surface area contributed by atoms with Crippen molar-refractivity contribution in [3.05, 3.63) is 97.4 Å². The van der Waals surface area contributed by atoms with E-state index < -0.39 is 45.6 Å². The molecular formula is C32H26ClN3O8S2. The van der Waals surface area contributed by atoms with Gasteiger partial charge >= 0.3 is 10.8 Å². The first-order valence-corrected chi connectivity index (χ1v) is 16.2. The monoisotopic (exact) mass is 679 g/mol. The van der Waals surface area contributed by atoms with Crippen LogP contribution in [0.2, 0.25) is 5.02 Å². The van der Waals surface area contributed by atoms with Crippen LogP contribution >= 0.6 is 34.7 Å². The number of esters is 1. The van der Waals surface area contributed by atoms with E-state index in [1.54, 1.807) is 43.3 Å². The molecule has 2 N–H and O–H groups in total. The van der Waals surface area contributed by atoms with Crippen molar-refractivity contribution in [3.63, 3.8) is 0 Å². The molecule has 11 nitrogen and oxygen atoms in total. The molecule has 3 heterocycles. The molecule has 46 heavy (non-hydrogen) atoms. The Labute approximate surface area is 275 Å². The van der Waals surface area contributed by atoms with Gasteiger partial charge in [-0.05, 0) is 73.2 Å².